The first-order chi connectivity index (χ1) is 12.0. The molecule has 0 aliphatic heterocycles. The number of esters is 1. The first kappa shape index (κ1) is 19.9. The van der Waals surface area contributed by atoms with E-state index in [-0.39, 0.29) is 29.5 Å². The fourth-order valence-electron chi connectivity index (χ4n) is 6.28. The predicted molar refractivity (Wildman–Crippen MR) is 101 cm³/mol. The van der Waals surface area contributed by atoms with Crippen molar-refractivity contribution in [3.63, 3.8) is 0 Å². The Morgan fingerprint density at radius 1 is 1.27 bits per heavy atom. The molecule has 0 aromatic rings. The van der Waals surface area contributed by atoms with Gasteiger partial charge in [0, 0.05) is 12.3 Å². The van der Waals surface area contributed by atoms with Gasteiger partial charge in [-0.3, -0.25) is 4.79 Å². The maximum atomic E-state index is 11.9. The molecule has 3 rings (SSSR count). The maximum absolute atomic E-state index is 11.9. The number of carbonyl (C=O) groups is 1. The summed E-state index contributed by atoms with van der Waals surface area (Å²) in [5.74, 6) is 0.654. The number of rotatable bonds is 3. The molecule has 0 amide bonds. The van der Waals surface area contributed by atoms with Crippen LogP contribution in [0.4, 0.5) is 0 Å². The molecule has 0 aromatic heterocycles. The number of ether oxygens (including phenoxy) is 1. The Morgan fingerprint density at radius 2 is 1.96 bits per heavy atom. The van der Waals surface area contributed by atoms with E-state index in [0.29, 0.717) is 18.3 Å². The Bertz CT molecular complexity index is 595. The van der Waals surface area contributed by atoms with Gasteiger partial charge in [0.2, 0.25) is 0 Å². The zero-order chi connectivity index (χ0) is 19.3. The molecular weight excluding hydrogens is 328 g/mol. The second-order valence-corrected chi connectivity index (χ2v) is 10.2. The van der Waals surface area contributed by atoms with Crippen molar-refractivity contribution in [1.82, 2.24) is 0 Å². The molecule has 0 unspecified atom stereocenters. The summed E-state index contributed by atoms with van der Waals surface area (Å²) in [6.07, 6.45) is 7.42. The third-order valence-corrected chi connectivity index (χ3v) is 8.06. The summed E-state index contributed by atoms with van der Waals surface area (Å²) in [6.45, 7) is 10.3. The Morgan fingerprint density at radius 3 is 2.58 bits per heavy atom. The molecule has 2 N–H and O–H groups in total. The molecule has 2 saturated carbocycles. The van der Waals surface area contributed by atoms with Gasteiger partial charge in [0.05, 0.1) is 12.7 Å². The van der Waals surface area contributed by atoms with Crippen LogP contribution in [0.3, 0.4) is 0 Å². The molecule has 26 heavy (non-hydrogen) atoms. The number of fused-ring (bicyclic) bond motifs is 3. The van der Waals surface area contributed by atoms with Crippen LogP contribution in [0.1, 0.15) is 73.1 Å². The average molecular weight is 365 g/mol. The molecule has 0 heterocycles. The summed E-state index contributed by atoms with van der Waals surface area (Å²) < 4.78 is 5.90. The lowest BCUT2D eigenvalue weighted by Crippen LogP contribution is -2.58. The van der Waals surface area contributed by atoms with Crippen molar-refractivity contribution >= 4 is 5.97 Å². The lowest BCUT2D eigenvalue weighted by Gasteiger charge is -2.61. The van der Waals surface area contributed by atoms with Gasteiger partial charge in [-0.2, -0.15) is 0 Å². The van der Waals surface area contributed by atoms with Crippen LogP contribution in [0, 0.1) is 28.1 Å². The van der Waals surface area contributed by atoms with Gasteiger partial charge in [0.15, 0.2) is 0 Å². The second-order valence-electron chi connectivity index (χ2n) is 10.2. The molecule has 4 nitrogen and oxygen atoms in total. The number of aliphatic hydroxyl groups is 2. The number of hydrogen-bond donors (Lipinski definition) is 2. The molecule has 6 atom stereocenters. The Balaban J connectivity index is 2.03. The highest BCUT2D eigenvalue weighted by Crippen LogP contribution is 2.64. The van der Waals surface area contributed by atoms with E-state index >= 15 is 0 Å². The molecule has 0 bridgehead atoms. The van der Waals surface area contributed by atoms with Crippen LogP contribution >= 0.6 is 0 Å². The van der Waals surface area contributed by atoms with Gasteiger partial charge in [-0.05, 0) is 61.2 Å². The molecule has 4 heteroatoms. The minimum absolute atomic E-state index is 0.166. The lowest BCUT2D eigenvalue weighted by atomic mass is 9.45. The van der Waals surface area contributed by atoms with Crippen LogP contribution in [-0.2, 0) is 9.53 Å². The van der Waals surface area contributed by atoms with E-state index in [4.69, 9.17) is 4.74 Å². The van der Waals surface area contributed by atoms with Crippen molar-refractivity contribution in [2.75, 3.05) is 6.61 Å². The summed E-state index contributed by atoms with van der Waals surface area (Å²) in [5, 5.41) is 20.0. The zero-order valence-electron chi connectivity index (χ0n) is 17.0. The van der Waals surface area contributed by atoms with Crippen molar-refractivity contribution < 1.29 is 19.7 Å². The maximum Gasteiger partial charge on any atom is 0.302 e. The topological polar surface area (TPSA) is 66.8 Å². The molecule has 2 fully saturated rings. The van der Waals surface area contributed by atoms with Crippen molar-refractivity contribution in [1.29, 1.82) is 0 Å². The molecule has 0 spiro atoms. The van der Waals surface area contributed by atoms with Crippen molar-refractivity contribution in [2.45, 2.75) is 85.4 Å². The highest BCUT2D eigenvalue weighted by Gasteiger charge is 2.60. The summed E-state index contributed by atoms with van der Waals surface area (Å²) >= 11 is 0. The predicted octanol–water partition coefficient (Wildman–Crippen LogP) is 3.85. The van der Waals surface area contributed by atoms with E-state index in [2.05, 4.69) is 26.8 Å². The fourth-order valence-corrected chi connectivity index (χ4v) is 6.28. The SMILES string of the molecule is CC(=O)O[C@@H]1C[C@](C)([C@H](O)CO)C[C@@H]2CC[C@H]3C(=CCCC3(C)C)[C@]21C. The molecule has 0 radical (unpaired) electrons. The minimum atomic E-state index is -0.778. The standard InChI is InChI=1S/C22H36O4/c1-14(24)26-19-12-21(4,18(25)13-23)11-15-8-9-16-17(22(15,19)5)7-6-10-20(16,2)3/h7,15-16,18-19,23,25H,6,8-13H2,1-5H3/t15-,16-,18+,19+,21+,22-/m0/s1. The van der Waals surface area contributed by atoms with Gasteiger partial charge in [0.25, 0.3) is 0 Å². The third-order valence-electron chi connectivity index (χ3n) is 8.06. The number of hydrogen-bond acceptors (Lipinski definition) is 4. The molecule has 148 valence electrons. The quantitative estimate of drug-likeness (QED) is 0.590. The van der Waals surface area contributed by atoms with Crippen LogP contribution in [0.2, 0.25) is 0 Å². The summed E-state index contributed by atoms with van der Waals surface area (Å²) in [4.78, 5) is 11.9. The highest BCUT2D eigenvalue weighted by atomic mass is 16.5. The Hall–Kier alpha value is -0.870. The molecular formula is C22H36O4. The summed E-state index contributed by atoms with van der Waals surface area (Å²) in [5.41, 5.74) is 1.18. The van der Waals surface area contributed by atoms with E-state index in [9.17, 15) is 15.0 Å². The van der Waals surface area contributed by atoms with Gasteiger partial charge in [-0.25, -0.2) is 0 Å². The van der Waals surface area contributed by atoms with Gasteiger partial charge in [-0.1, -0.05) is 39.3 Å². The molecule has 0 saturated heterocycles. The number of carbonyl (C=O) groups excluding carboxylic acids is 1. The van der Waals surface area contributed by atoms with E-state index in [0.717, 1.165) is 25.7 Å². The largest absolute Gasteiger partial charge is 0.462 e. The first-order valence-electron chi connectivity index (χ1n) is 10.2. The summed E-state index contributed by atoms with van der Waals surface area (Å²) in [7, 11) is 0. The number of aliphatic hydroxyl groups excluding tert-OH is 2. The minimum Gasteiger partial charge on any atom is -0.462 e. The van der Waals surface area contributed by atoms with Crippen LogP contribution in [-0.4, -0.2) is 35.0 Å². The van der Waals surface area contributed by atoms with Crippen LogP contribution in [0.25, 0.3) is 0 Å². The highest BCUT2D eigenvalue weighted by molar-refractivity contribution is 5.66. The average Bonchev–Trinajstić information content (AvgIpc) is 2.55. The normalized spacial score (nSPS) is 42.9. The van der Waals surface area contributed by atoms with E-state index in [1.807, 2.05) is 6.92 Å². The van der Waals surface area contributed by atoms with Gasteiger partial charge >= 0.3 is 5.97 Å². The van der Waals surface area contributed by atoms with Gasteiger partial charge < -0.3 is 14.9 Å². The summed E-state index contributed by atoms with van der Waals surface area (Å²) in [6, 6.07) is 0. The third kappa shape index (κ3) is 3.03. The zero-order valence-corrected chi connectivity index (χ0v) is 17.0. The molecule has 3 aliphatic carbocycles. The molecule has 0 aromatic carbocycles. The van der Waals surface area contributed by atoms with Gasteiger partial charge in [0.1, 0.15) is 6.10 Å². The van der Waals surface area contributed by atoms with E-state index in [1.54, 1.807) is 0 Å². The van der Waals surface area contributed by atoms with Gasteiger partial charge in [-0.15, -0.1) is 0 Å². The Kier molecular flexibility index (Phi) is 5.07. The molecule has 3 aliphatic rings. The number of allylic oxidation sites excluding steroid dienone is 1. The fraction of sp³-hybridized carbons (Fsp3) is 0.864. The van der Waals surface area contributed by atoms with Crippen LogP contribution < -0.4 is 0 Å². The van der Waals surface area contributed by atoms with Crippen molar-refractivity contribution in [3.05, 3.63) is 11.6 Å². The van der Waals surface area contributed by atoms with E-state index < -0.39 is 11.5 Å². The smallest absolute Gasteiger partial charge is 0.302 e. The van der Waals surface area contributed by atoms with E-state index in [1.165, 1.54) is 18.9 Å². The lowest BCUT2D eigenvalue weighted by molar-refractivity contribution is -0.177. The monoisotopic (exact) mass is 364 g/mol. The Labute approximate surface area is 158 Å². The van der Waals surface area contributed by atoms with Crippen molar-refractivity contribution in [3.8, 4) is 0 Å². The first-order valence-corrected chi connectivity index (χ1v) is 10.2. The van der Waals surface area contributed by atoms with Crippen LogP contribution in [0.5, 0.6) is 0 Å². The van der Waals surface area contributed by atoms with Crippen molar-refractivity contribution in [2.24, 2.45) is 28.1 Å². The van der Waals surface area contributed by atoms with Crippen LogP contribution in [0.15, 0.2) is 11.6 Å². The second kappa shape index (κ2) is 6.63.